The van der Waals surface area contributed by atoms with Crippen LogP contribution in [-0.4, -0.2) is 70.8 Å². The van der Waals surface area contributed by atoms with Gasteiger partial charge in [0.05, 0.1) is 23.2 Å². The van der Waals surface area contributed by atoms with Crippen molar-refractivity contribution in [3.05, 3.63) is 39.6 Å². The van der Waals surface area contributed by atoms with Crippen LogP contribution in [0, 0.1) is 0 Å². The van der Waals surface area contributed by atoms with Gasteiger partial charge in [0.1, 0.15) is 13.3 Å². The van der Waals surface area contributed by atoms with Crippen molar-refractivity contribution in [3.8, 4) is 5.75 Å². The molecule has 30 heavy (non-hydrogen) atoms. The monoisotopic (exact) mass is 511 g/mol. The molecule has 2 rings (SSSR count). The SMILES string of the molecule is O=C(O)N(CCOc1c(Cl)cc(Cl)cc1Cl)N1C=CN(CCOC(F)(F)C(F)Cl)C1. The lowest BCUT2D eigenvalue weighted by Crippen LogP contribution is -2.46. The molecule has 1 aromatic carbocycles. The molecule has 1 atom stereocenters. The van der Waals surface area contributed by atoms with Gasteiger partial charge in [-0.2, -0.15) is 8.78 Å². The Balaban J connectivity index is 1.85. The fourth-order valence-electron chi connectivity index (χ4n) is 2.35. The summed E-state index contributed by atoms with van der Waals surface area (Å²) in [6, 6.07) is 2.86. The Morgan fingerprint density at radius 1 is 1.23 bits per heavy atom. The Kier molecular flexibility index (Phi) is 8.86. The molecule has 0 fully saturated rings. The average Bonchev–Trinajstić information content (AvgIpc) is 3.08. The first-order valence-electron chi connectivity index (χ1n) is 8.28. The van der Waals surface area contributed by atoms with Crippen molar-refractivity contribution >= 4 is 52.5 Å². The molecule has 1 aliphatic heterocycles. The van der Waals surface area contributed by atoms with Crippen LogP contribution in [0.3, 0.4) is 0 Å². The molecule has 0 aromatic heterocycles. The molecule has 0 bridgehead atoms. The van der Waals surface area contributed by atoms with Crippen LogP contribution < -0.4 is 4.74 Å². The lowest BCUT2D eigenvalue weighted by atomic mass is 10.3. The summed E-state index contributed by atoms with van der Waals surface area (Å²) in [6.45, 7) is -0.717. The summed E-state index contributed by atoms with van der Waals surface area (Å²) in [5.41, 5.74) is -2.96. The lowest BCUT2D eigenvalue weighted by molar-refractivity contribution is -0.257. The van der Waals surface area contributed by atoms with E-state index in [4.69, 9.17) is 51.1 Å². The standard InChI is InChI=1S/C16H16Cl4F3N3O4/c17-10-7-11(18)13(12(19)8-10)29-5-4-26(15(27)28)25-2-1-24(9-25)3-6-30-16(22,23)14(20)21/h1-2,7-8,14H,3-6,9H2,(H,27,28). The van der Waals surface area contributed by atoms with E-state index in [1.807, 2.05) is 0 Å². The summed E-state index contributed by atoms with van der Waals surface area (Å²) in [7, 11) is 0. The Hall–Kier alpha value is -1.46. The smallest absolute Gasteiger partial charge is 0.426 e. The van der Waals surface area contributed by atoms with Crippen molar-refractivity contribution < 1.29 is 32.5 Å². The second-order valence-electron chi connectivity index (χ2n) is 5.86. The maximum Gasteiger partial charge on any atom is 0.426 e. The summed E-state index contributed by atoms with van der Waals surface area (Å²) >= 11 is 22.5. The highest BCUT2D eigenvalue weighted by Gasteiger charge is 2.40. The van der Waals surface area contributed by atoms with E-state index in [0.29, 0.717) is 5.02 Å². The Morgan fingerprint density at radius 3 is 2.43 bits per heavy atom. The van der Waals surface area contributed by atoms with Crippen molar-refractivity contribution in [2.75, 3.05) is 33.0 Å². The number of benzene rings is 1. The van der Waals surface area contributed by atoms with Crippen molar-refractivity contribution in [2.24, 2.45) is 0 Å². The van der Waals surface area contributed by atoms with Gasteiger partial charge >= 0.3 is 12.2 Å². The van der Waals surface area contributed by atoms with E-state index in [2.05, 4.69) is 4.74 Å². The van der Waals surface area contributed by atoms with E-state index < -0.39 is 24.4 Å². The summed E-state index contributed by atoms with van der Waals surface area (Å²) < 4.78 is 48.1. The van der Waals surface area contributed by atoms with Crippen LogP contribution in [0.15, 0.2) is 24.5 Å². The third-order valence-electron chi connectivity index (χ3n) is 3.75. The number of amides is 1. The minimum absolute atomic E-state index is 0.0314. The largest absolute Gasteiger partial charge is 0.489 e. The first kappa shape index (κ1) is 24.8. The second kappa shape index (κ2) is 10.7. The van der Waals surface area contributed by atoms with Crippen LogP contribution in [0.5, 0.6) is 5.75 Å². The van der Waals surface area contributed by atoms with Crippen molar-refractivity contribution in [3.63, 3.8) is 0 Å². The third kappa shape index (κ3) is 6.78. The highest BCUT2D eigenvalue weighted by molar-refractivity contribution is 6.40. The summed E-state index contributed by atoms with van der Waals surface area (Å²) in [4.78, 5) is 13.0. The van der Waals surface area contributed by atoms with Crippen molar-refractivity contribution in [2.45, 2.75) is 11.7 Å². The van der Waals surface area contributed by atoms with Crippen molar-refractivity contribution in [1.82, 2.24) is 14.9 Å². The molecule has 7 nitrogen and oxygen atoms in total. The quantitative estimate of drug-likeness (QED) is 0.439. The molecule has 0 spiro atoms. The second-order valence-corrected chi connectivity index (χ2v) is 7.49. The van der Waals surface area contributed by atoms with Gasteiger partial charge in [-0.25, -0.2) is 14.2 Å². The van der Waals surface area contributed by atoms with Gasteiger partial charge in [0.2, 0.25) is 0 Å². The van der Waals surface area contributed by atoms with E-state index in [0.717, 1.165) is 5.01 Å². The Bertz CT molecular complexity index is 765. The van der Waals surface area contributed by atoms with E-state index in [1.54, 1.807) is 0 Å². The third-order valence-corrected chi connectivity index (χ3v) is 4.78. The van der Waals surface area contributed by atoms with E-state index in [1.165, 1.54) is 34.4 Å². The summed E-state index contributed by atoms with van der Waals surface area (Å²) in [6.07, 6.45) is -2.49. The number of ether oxygens (including phenoxy) is 2. The van der Waals surface area contributed by atoms with Crippen LogP contribution in [0.4, 0.5) is 18.0 Å². The van der Waals surface area contributed by atoms with Gasteiger partial charge in [-0.1, -0.05) is 46.4 Å². The Labute approximate surface area is 190 Å². The number of hydrazine groups is 1. The first-order chi connectivity index (χ1) is 14.0. The number of alkyl halides is 4. The van der Waals surface area contributed by atoms with Crippen LogP contribution >= 0.6 is 46.4 Å². The van der Waals surface area contributed by atoms with Crippen LogP contribution in [0.1, 0.15) is 0 Å². The molecule has 0 saturated heterocycles. The number of rotatable bonds is 10. The molecule has 0 radical (unpaired) electrons. The molecule has 1 heterocycles. The van der Waals surface area contributed by atoms with Crippen LogP contribution in [0.25, 0.3) is 0 Å². The fraction of sp³-hybridized carbons (Fsp3) is 0.438. The number of hydrogen-bond donors (Lipinski definition) is 1. The number of hydrogen-bond acceptors (Lipinski definition) is 5. The number of halogens is 7. The highest BCUT2D eigenvalue weighted by atomic mass is 35.5. The molecule has 1 amide bonds. The van der Waals surface area contributed by atoms with Gasteiger partial charge in [0.15, 0.2) is 5.75 Å². The van der Waals surface area contributed by atoms with E-state index in [9.17, 15) is 23.1 Å². The van der Waals surface area contributed by atoms with E-state index in [-0.39, 0.29) is 42.2 Å². The zero-order valence-corrected chi connectivity index (χ0v) is 18.1. The summed E-state index contributed by atoms with van der Waals surface area (Å²) in [5, 5.41) is 12.4. The molecule has 1 unspecified atom stereocenters. The minimum Gasteiger partial charge on any atom is -0.489 e. The van der Waals surface area contributed by atoms with Gasteiger partial charge in [-0.3, -0.25) is 5.01 Å². The van der Waals surface area contributed by atoms with Gasteiger partial charge in [0.25, 0.3) is 5.63 Å². The predicted molar refractivity (Wildman–Crippen MR) is 106 cm³/mol. The lowest BCUT2D eigenvalue weighted by Gasteiger charge is -2.30. The molecule has 1 aliphatic rings. The normalized spacial score (nSPS) is 14.9. The first-order valence-corrected chi connectivity index (χ1v) is 9.85. The zero-order chi connectivity index (χ0) is 22.5. The molecular formula is C16H16Cl4F3N3O4. The zero-order valence-electron chi connectivity index (χ0n) is 15.1. The van der Waals surface area contributed by atoms with E-state index >= 15 is 0 Å². The topological polar surface area (TPSA) is 65.5 Å². The van der Waals surface area contributed by atoms with Gasteiger partial charge in [-0.15, -0.1) is 0 Å². The molecule has 0 saturated carbocycles. The van der Waals surface area contributed by atoms with Crippen LogP contribution in [-0.2, 0) is 4.74 Å². The molecule has 1 N–H and O–H groups in total. The molecular weight excluding hydrogens is 497 g/mol. The maximum atomic E-state index is 13.0. The highest BCUT2D eigenvalue weighted by Crippen LogP contribution is 2.35. The minimum atomic E-state index is -4.11. The van der Waals surface area contributed by atoms with Gasteiger partial charge in [-0.05, 0) is 12.1 Å². The fourth-order valence-corrected chi connectivity index (χ4v) is 3.34. The maximum absolute atomic E-state index is 13.0. The summed E-state index contributed by atoms with van der Waals surface area (Å²) in [5.74, 6) is 0.162. The average molecular weight is 513 g/mol. The molecule has 0 aliphatic carbocycles. The number of nitrogens with zero attached hydrogens (tertiary/aromatic N) is 3. The number of carboxylic acid groups (broad SMARTS) is 1. The molecule has 168 valence electrons. The number of carbonyl (C=O) groups is 1. The van der Waals surface area contributed by atoms with Crippen molar-refractivity contribution in [1.29, 1.82) is 0 Å². The van der Waals surface area contributed by atoms with Gasteiger partial charge in [0, 0.05) is 24.0 Å². The van der Waals surface area contributed by atoms with Gasteiger partial charge < -0.3 is 19.5 Å². The molecule has 1 aromatic rings. The Morgan fingerprint density at radius 2 is 1.87 bits per heavy atom. The predicted octanol–water partition coefficient (Wildman–Crippen LogP) is 5.11. The van der Waals surface area contributed by atoms with Crippen LogP contribution in [0.2, 0.25) is 15.1 Å². The molecule has 14 heteroatoms.